The molecule has 2 aromatic rings. The lowest BCUT2D eigenvalue weighted by atomic mass is 9.75. The van der Waals surface area contributed by atoms with E-state index in [0.29, 0.717) is 60.2 Å². The molecule has 0 saturated heterocycles. The molecule has 14 heteroatoms. The molecule has 0 spiro atoms. The largest absolute Gasteiger partial charge is 1.00 e. The molecule has 1 unspecified atom stereocenters. The van der Waals surface area contributed by atoms with Crippen molar-refractivity contribution in [2.24, 2.45) is 11.1 Å². The van der Waals surface area contributed by atoms with Crippen molar-refractivity contribution in [2.45, 2.75) is 90.4 Å². The van der Waals surface area contributed by atoms with Crippen molar-refractivity contribution < 1.29 is 54.3 Å². The van der Waals surface area contributed by atoms with Crippen LogP contribution in [0.2, 0.25) is 0 Å². The number of Topliss-reactive ketones (excluding diaryl/α,β-unsaturated/α-hetero) is 1. The van der Waals surface area contributed by atoms with Crippen molar-refractivity contribution in [3.05, 3.63) is 40.7 Å². The Labute approximate surface area is 274 Å². The number of likely N-dealkylation sites (N-methyl/N-ethyl adjacent to an activating group) is 1. The molecule has 1 amide bonds. The number of fused-ring (bicyclic) bond motifs is 1. The first-order valence-electron chi connectivity index (χ1n) is 15.2. The van der Waals surface area contributed by atoms with Gasteiger partial charge in [0.15, 0.2) is 11.9 Å². The minimum atomic E-state index is -2.91. The van der Waals surface area contributed by atoms with Crippen molar-refractivity contribution in [2.75, 3.05) is 33.0 Å². The van der Waals surface area contributed by atoms with Gasteiger partial charge >= 0.3 is 11.9 Å². The van der Waals surface area contributed by atoms with Crippen LogP contribution >= 0.6 is 0 Å². The Hall–Kier alpha value is -3.58. The van der Waals surface area contributed by atoms with E-state index < -0.39 is 41.5 Å². The molecule has 254 valence electrons. The summed E-state index contributed by atoms with van der Waals surface area (Å²) in [5.74, 6) is -1.90. The quantitative estimate of drug-likeness (QED) is 0.270. The fourth-order valence-electron chi connectivity index (χ4n) is 6.30. The lowest BCUT2D eigenvalue weighted by molar-refractivity contribution is -0.873. The van der Waals surface area contributed by atoms with Crippen LogP contribution in [0.25, 0.3) is 5.69 Å². The molecule has 11 nitrogen and oxygen atoms in total. The molecular formula is C32H44ClF2N5O6. The first-order valence-corrected chi connectivity index (χ1v) is 15.2. The zero-order valence-corrected chi connectivity index (χ0v) is 28.0. The molecule has 1 aromatic heterocycles. The lowest BCUT2D eigenvalue weighted by Crippen LogP contribution is -3.00. The molecule has 3 N–H and O–H groups in total. The summed E-state index contributed by atoms with van der Waals surface area (Å²) in [7, 11) is 5.84. The second-order valence-corrected chi connectivity index (χ2v) is 14.0. The molecule has 46 heavy (non-hydrogen) atoms. The van der Waals surface area contributed by atoms with Crippen molar-refractivity contribution in [1.82, 2.24) is 9.78 Å². The summed E-state index contributed by atoms with van der Waals surface area (Å²) in [5.41, 5.74) is 6.18. The standard InChI is InChI=1S/C32H43F2N5O6.ClH/c1-18(40)44-22(17-39(4,5)6)14-27(42)45-21-10-7-19(8-11-21)36-24-13-20(9-12-23(24)31(35)43)38-25-15-32(2,3)16-26(41)28(25)29(37-38)30(33)34;/h9,12-13,19,21-22,30H,7-8,10-11,14-17H2,1-6H3,(H2-,35,36,43);1H. The maximum atomic E-state index is 13.9. The van der Waals surface area contributed by atoms with Crippen molar-refractivity contribution in [1.29, 1.82) is 0 Å². The SMILES string of the molecule is CC(=O)OC(CC(=O)OC1CCC(Nc2cc(-n3nc(C(F)F)c4c3CC(C)(C)CC4=O)ccc2C(N)=O)CC1)C[N+](C)(C)C.[Cl-]. The number of hydrogen-bond acceptors (Lipinski definition) is 8. The van der Waals surface area contributed by atoms with Gasteiger partial charge in [-0.05, 0) is 55.7 Å². The normalized spacial score (nSPS) is 19.9. The highest BCUT2D eigenvalue weighted by molar-refractivity contribution is 6.00. The van der Waals surface area contributed by atoms with Crippen molar-refractivity contribution in [3.8, 4) is 5.69 Å². The van der Waals surface area contributed by atoms with E-state index in [2.05, 4.69) is 10.4 Å². The fraction of sp³-hybridized carbons (Fsp3) is 0.594. The second-order valence-electron chi connectivity index (χ2n) is 14.0. The van der Waals surface area contributed by atoms with Gasteiger partial charge in [-0.15, -0.1) is 0 Å². The second kappa shape index (κ2) is 14.5. The van der Waals surface area contributed by atoms with Gasteiger partial charge < -0.3 is 37.4 Å². The van der Waals surface area contributed by atoms with Gasteiger partial charge in [-0.25, -0.2) is 13.5 Å². The maximum Gasteiger partial charge on any atom is 0.310 e. The number of benzene rings is 1. The Morgan fingerprint density at radius 2 is 1.78 bits per heavy atom. The molecule has 1 atom stereocenters. The number of amides is 1. The van der Waals surface area contributed by atoms with Gasteiger partial charge in [0.2, 0.25) is 0 Å². The topological polar surface area (TPSA) is 143 Å². The van der Waals surface area contributed by atoms with Gasteiger partial charge in [-0.3, -0.25) is 19.2 Å². The highest BCUT2D eigenvalue weighted by Gasteiger charge is 2.39. The van der Waals surface area contributed by atoms with Crippen LogP contribution in [0.15, 0.2) is 18.2 Å². The van der Waals surface area contributed by atoms with Gasteiger partial charge in [0.05, 0.1) is 50.1 Å². The predicted octanol–water partition coefficient (Wildman–Crippen LogP) is 1.36. The third kappa shape index (κ3) is 9.25. The number of hydrogen-bond donors (Lipinski definition) is 2. The number of carbonyl (C=O) groups is 4. The molecule has 2 aliphatic carbocycles. The molecule has 1 fully saturated rings. The highest BCUT2D eigenvalue weighted by atomic mass is 35.5. The van der Waals surface area contributed by atoms with E-state index >= 15 is 0 Å². The van der Waals surface area contributed by atoms with Crippen LogP contribution in [0, 0.1) is 5.41 Å². The number of alkyl halides is 2. The number of ketones is 1. The third-order valence-electron chi connectivity index (χ3n) is 8.10. The number of nitrogens with two attached hydrogens (primary N) is 1. The van der Waals surface area contributed by atoms with E-state index in [1.807, 2.05) is 35.0 Å². The van der Waals surface area contributed by atoms with E-state index in [0.717, 1.165) is 0 Å². The van der Waals surface area contributed by atoms with Gasteiger partial charge in [0.25, 0.3) is 12.3 Å². The Bertz CT molecular complexity index is 1460. The average Bonchev–Trinajstić information content (AvgIpc) is 3.27. The monoisotopic (exact) mass is 667 g/mol. The molecule has 1 aromatic carbocycles. The maximum absolute atomic E-state index is 13.9. The molecular weight excluding hydrogens is 624 g/mol. The number of rotatable bonds is 11. The van der Waals surface area contributed by atoms with Crippen LogP contribution in [0.5, 0.6) is 0 Å². The van der Waals surface area contributed by atoms with Crippen LogP contribution in [0.1, 0.15) is 97.8 Å². The summed E-state index contributed by atoms with van der Waals surface area (Å²) >= 11 is 0. The van der Waals surface area contributed by atoms with Crippen LogP contribution in [-0.2, 0) is 25.5 Å². The fourth-order valence-corrected chi connectivity index (χ4v) is 6.30. The number of quaternary nitrogens is 1. The highest BCUT2D eigenvalue weighted by Crippen LogP contribution is 2.40. The summed E-state index contributed by atoms with van der Waals surface area (Å²) in [6, 6.07) is 4.67. The molecule has 1 heterocycles. The van der Waals surface area contributed by atoms with E-state index in [9.17, 15) is 28.0 Å². The summed E-state index contributed by atoms with van der Waals surface area (Å²) in [4.78, 5) is 49.4. The van der Waals surface area contributed by atoms with E-state index in [-0.39, 0.29) is 54.3 Å². The molecule has 0 radical (unpaired) electrons. The summed E-state index contributed by atoms with van der Waals surface area (Å²) in [6.07, 6.45) is -0.902. The number of primary amides is 1. The third-order valence-corrected chi connectivity index (χ3v) is 8.10. The van der Waals surface area contributed by atoms with Crippen molar-refractivity contribution in [3.63, 3.8) is 0 Å². The van der Waals surface area contributed by atoms with Crippen LogP contribution in [0.4, 0.5) is 14.5 Å². The minimum absolute atomic E-state index is 0. The number of aromatic nitrogens is 2. The molecule has 1 saturated carbocycles. The van der Waals surface area contributed by atoms with Crippen LogP contribution in [-0.4, -0.2) is 83.8 Å². The number of ether oxygens (including phenoxy) is 2. The Morgan fingerprint density at radius 1 is 1.13 bits per heavy atom. The van der Waals surface area contributed by atoms with Gasteiger partial charge in [-0.2, -0.15) is 5.10 Å². The number of esters is 2. The smallest absolute Gasteiger partial charge is 0.310 e. The predicted molar refractivity (Wildman–Crippen MR) is 162 cm³/mol. The van der Waals surface area contributed by atoms with E-state index in [4.69, 9.17) is 15.2 Å². The van der Waals surface area contributed by atoms with Gasteiger partial charge in [-0.1, -0.05) is 13.8 Å². The van der Waals surface area contributed by atoms with E-state index in [1.165, 1.54) is 17.7 Å². The van der Waals surface area contributed by atoms with Gasteiger partial charge in [0.1, 0.15) is 18.3 Å². The van der Waals surface area contributed by atoms with Crippen LogP contribution < -0.4 is 23.5 Å². The van der Waals surface area contributed by atoms with E-state index in [1.54, 1.807) is 12.1 Å². The number of carbonyl (C=O) groups excluding carboxylic acids is 4. The summed E-state index contributed by atoms with van der Waals surface area (Å²) in [5, 5.41) is 7.53. The molecule has 0 aliphatic heterocycles. The summed E-state index contributed by atoms with van der Waals surface area (Å²) in [6.45, 7) is 5.60. The Morgan fingerprint density at radius 3 is 2.35 bits per heavy atom. The molecule has 0 bridgehead atoms. The first-order chi connectivity index (χ1) is 20.9. The lowest BCUT2D eigenvalue weighted by Gasteiger charge is -2.31. The molecule has 2 aliphatic rings. The average molecular weight is 668 g/mol. The summed E-state index contributed by atoms with van der Waals surface area (Å²) < 4.78 is 40.8. The first kappa shape index (κ1) is 36.9. The number of anilines is 1. The Kier molecular flexibility index (Phi) is 11.6. The van der Waals surface area contributed by atoms with Crippen molar-refractivity contribution >= 4 is 29.3 Å². The Balaban J connectivity index is 0.00000576. The number of halogens is 3. The number of nitrogens with one attached hydrogen (secondary N) is 1. The zero-order chi connectivity index (χ0) is 33.3. The minimum Gasteiger partial charge on any atom is -1.00 e. The zero-order valence-electron chi connectivity index (χ0n) is 27.2. The van der Waals surface area contributed by atoms with Gasteiger partial charge in [0, 0.05) is 25.1 Å². The number of nitrogens with zero attached hydrogens (tertiary/aromatic N) is 3. The molecule has 4 rings (SSSR count). The van der Waals surface area contributed by atoms with Crippen LogP contribution in [0.3, 0.4) is 0 Å².